The molecule has 2 rings (SSSR count). The van der Waals surface area contributed by atoms with E-state index in [1.807, 2.05) is 19.9 Å². The first-order valence-corrected chi connectivity index (χ1v) is 5.63. The second-order valence-corrected chi connectivity index (χ2v) is 4.38. The third-order valence-corrected chi connectivity index (χ3v) is 3.00. The van der Waals surface area contributed by atoms with E-state index >= 15 is 0 Å². The molecule has 1 aromatic rings. The van der Waals surface area contributed by atoms with Crippen molar-refractivity contribution in [1.82, 2.24) is 10.3 Å². The van der Waals surface area contributed by atoms with Crippen LogP contribution in [0, 0.1) is 12.8 Å². The highest BCUT2D eigenvalue weighted by atomic mass is 16.1. The Morgan fingerprint density at radius 2 is 2.38 bits per heavy atom. The number of hydrogen-bond donors (Lipinski definition) is 2. The molecule has 16 heavy (non-hydrogen) atoms. The van der Waals surface area contributed by atoms with Crippen LogP contribution in [0.1, 0.15) is 18.9 Å². The standard InChI is InChI=1S/C12H17N3O/c1-8-5-10(7-13-6-8)15-12(16)11-3-4-14-9(11)2/h5-7,9,11,14H,3-4H2,1-2H3,(H,15,16). The minimum Gasteiger partial charge on any atom is -0.324 e. The number of nitrogens with zero attached hydrogens (tertiary/aromatic N) is 1. The van der Waals surface area contributed by atoms with Gasteiger partial charge < -0.3 is 10.6 Å². The van der Waals surface area contributed by atoms with E-state index in [1.54, 1.807) is 12.4 Å². The molecule has 1 aliphatic rings. The van der Waals surface area contributed by atoms with Crippen LogP contribution in [-0.2, 0) is 4.79 Å². The number of carbonyl (C=O) groups excluding carboxylic acids is 1. The molecule has 0 aromatic carbocycles. The number of nitrogens with one attached hydrogen (secondary N) is 2. The monoisotopic (exact) mass is 219 g/mol. The third-order valence-electron chi connectivity index (χ3n) is 3.00. The van der Waals surface area contributed by atoms with Crippen LogP contribution in [0.3, 0.4) is 0 Å². The average Bonchev–Trinajstić information content (AvgIpc) is 2.64. The molecule has 0 radical (unpaired) electrons. The molecule has 2 heterocycles. The van der Waals surface area contributed by atoms with E-state index in [4.69, 9.17) is 0 Å². The van der Waals surface area contributed by atoms with Gasteiger partial charge in [0.05, 0.1) is 17.8 Å². The lowest BCUT2D eigenvalue weighted by molar-refractivity contribution is -0.120. The second-order valence-electron chi connectivity index (χ2n) is 4.38. The number of rotatable bonds is 2. The molecule has 0 aliphatic carbocycles. The second kappa shape index (κ2) is 4.61. The highest BCUT2D eigenvalue weighted by molar-refractivity contribution is 5.93. The van der Waals surface area contributed by atoms with Crippen LogP contribution in [0.5, 0.6) is 0 Å². The van der Waals surface area contributed by atoms with Crippen LogP contribution in [0.15, 0.2) is 18.5 Å². The van der Waals surface area contributed by atoms with Crippen molar-refractivity contribution in [3.8, 4) is 0 Å². The number of amides is 1. The molecule has 1 aromatic heterocycles. The van der Waals surface area contributed by atoms with E-state index < -0.39 is 0 Å². The van der Waals surface area contributed by atoms with Gasteiger partial charge >= 0.3 is 0 Å². The van der Waals surface area contributed by atoms with Gasteiger partial charge in [0.2, 0.25) is 5.91 Å². The first-order chi connectivity index (χ1) is 7.66. The zero-order valence-electron chi connectivity index (χ0n) is 9.66. The molecule has 86 valence electrons. The molecule has 4 nitrogen and oxygen atoms in total. The summed E-state index contributed by atoms with van der Waals surface area (Å²) in [5, 5.41) is 6.18. The Balaban J connectivity index is 2.02. The van der Waals surface area contributed by atoms with E-state index in [0.29, 0.717) is 0 Å². The Labute approximate surface area is 95.5 Å². The van der Waals surface area contributed by atoms with Crippen LogP contribution in [0.2, 0.25) is 0 Å². The fraction of sp³-hybridized carbons (Fsp3) is 0.500. The Morgan fingerprint density at radius 3 is 3.00 bits per heavy atom. The normalized spacial score (nSPS) is 24.4. The molecule has 0 bridgehead atoms. The Morgan fingerprint density at radius 1 is 1.56 bits per heavy atom. The SMILES string of the molecule is Cc1cncc(NC(=O)C2CCNC2C)c1. The maximum absolute atomic E-state index is 12.0. The van der Waals surface area contributed by atoms with Crippen molar-refractivity contribution in [3.63, 3.8) is 0 Å². The highest BCUT2D eigenvalue weighted by Crippen LogP contribution is 2.17. The van der Waals surface area contributed by atoms with Crippen LogP contribution >= 0.6 is 0 Å². The zero-order chi connectivity index (χ0) is 11.5. The molecule has 1 aliphatic heterocycles. The fourth-order valence-electron chi connectivity index (χ4n) is 2.08. The number of hydrogen-bond acceptors (Lipinski definition) is 3. The molecule has 0 saturated carbocycles. The highest BCUT2D eigenvalue weighted by Gasteiger charge is 2.29. The number of aryl methyl sites for hydroxylation is 1. The van der Waals surface area contributed by atoms with Gasteiger partial charge in [-0.2, -0.15) is 0 Å². The van der Waals surface area contributed by atoms with Gasteiger partial charge in [0.15, 0.2) is 0 Å². The largest absolute Gasteiger partial charge is 0.324 e. The summed E-state index contributed by atoms with van der Waals surface area (Å²) in [5.74, 6) is 0.158. The Kier molecular flexibility index (Phi) is 3.19. The fourth-order valence-corrected chi connectivity index (χ4v) is 2.08. The predicted molar refractivity (Wildman–Crippen MR) is 63.2 cm³/mol. The molecular formula is C12H17N3O. The molecule has 1 fully saturated rings. The van der Waals surface area contributed by atoms with Crippen molar-refractivity contribution in [2.75, 3.05) is 11.9 Å². The van der Waals surface area contributed by atoms with E-state index in [-0.39, 0.29) is 17.9 Å². The summed E-state index contributed by atoms with van der Waals surface area (Å²) in [6, 6.07) is 2.19. The van der Waals surface area contributed by atoms with Crippen molar-refractivity contribution in [2.45, 2.75) is 26.3 Å². The average molecular weight is 219 g/mol. The van der Waals surface area contributed by atoms with Gasteiger partial charge in [0, 0.05) is 12.2 Å². The Bertz CT molecular complexity index is 392. The molecule has 2 atom stereocenters. The minimum atomic E-state index is 0.0699. The van der Waals surface area contributed by atoms with E-state index in [2.05, 4.69) is 15.6 Å². The van der Waals surface area contributed by atoms with Crippen molar-refractivity contribution in [2.24, 2.45) is 5.92 Å². The minimum absolute atomic E-state index is 0.0699. The summed E-state index contributed by atoms with van der Waals surface area (Å²) in [6.07, 6.45) is 4.36. The molecule has 0 spiro atoms. The number of pyridine rings is 1. The molecule has 1 saturated heterocycles. The molecule has 2 unspecified atom stereocenters. The van der Waals surface area contributed by atoms with Gasteiger partial charge in [-0.15, -0.1) is 0 Å². The van der Waals surface area contributed by atoms with E-state index in [0.717, 1.165) is 24.2 Å². The maximum Gasteiger partial charge on any atom is 0.229 e. The van der Waals surface area contributed by atoms with Gasteiger partial charge in [0.25, 0.3) is 0 Å². The van der Waals surface area contributed by atoms with E-state index in [9.17, 15) is 4.79 Å². The lowest BCUT2D eigenvalue weighted by atomic mass is 10.0. The van der Waals surface area contributed by atoms with Crippen LogP contribution in [0.25, 0.3) is 0 Å². The van der Waals surface area contributed by atoms with Gasteiger partial charge in [-0.1, -0.05) is 0 Å². The summed E-state index contributed by atoms with van der Waals surface area (Å²) in [6.45, 7) is 4.93. The number of carbonyl (C=O) groups is 1. The van der Waals surface area contributed by atoms with Gasteiger partial charge in [0.1, 0.15) is 0 Å². The quantitative estimate of drug-likeness (QED) is 0.789. The number of aromatic nitrogens is 1. The Hall–Kier alpha value is -1.42. The van der Waals surface area contributed by atoms with Crippen molar-refractivity contribution >= 4 is 11.6 Å². The van der Waals surface area contributed by atoms with Crippen LogP contribution < -0.4 is 10.6 Å². The smallest absolute Gasteiger partial charge is 0.229 e. The van der Waals surface area contributed by atoms with Crippen molar-refractivity contribution < 1.29 is 4.79 Å². The van der Waals surface area contributed by atoms with Gasteiger partial charge in [-0.05, 0) is 38.4 Å². The maximum atomic E-state index is 12.0. The summed E-state index contributed by atoms with van der Waals surface area (Å²) < 4.78 is 0. The first kappa shape index (κ1) is 11.1. The van der Waals surface area contributed by atoms with Crippen LogP contribution in [-0.4, -0.2) is 23.5 Å². The van der Waals surface area contributed by atoms with Gasteiger partial charge in [-0.25, -0.2) is 0 Å². The van der Waals surface area contributed by atoms with Gasteiger partial charge in [-0.3, -0.25) is 9.78 Å². The van der Waals surface area contributed by atoms with Crippen molar-refractivity contribution in [3.05, 3.63) is 24.0 Å². The third kappa shape index (κ3) is 2.39. The molecule has 1 amide bonds. The zero-order valence-corrected chi connectivity index (χ0v) is 9.66. The predicted octanol–water partition coefficient (Wildman–Crippen LogP) is 1.33. The summed E-state index contributed by atoms with van der Waals surface area (Å²) in [7, 11) is 0. The van der Waals surface area contributed by atoms with Crippen LogP contribution in [0.4, 0.5) is 5.69 Å². The molecule has 4 heteroatoms. The summed E-state index contributed by atoms with van der Waals surface area (Å²) in [4.78, 5) is 16.0. The number of anilines is 1. The lowest BCUT2D eigenvalue weighted by Gasteiger charge is -2.14. The first-order valence-electron chi connectivity index (χ1n) is 5.63. The molecular weight excluding hydrogens is 202 g/mol. The summed E-state index contributed by atoms with van der Waals surface area (Å²) >= 11 is 0. The summed E-state index contributed by atoms with van der Waals surface area (Å²) in [5.41, 5.74) is 1.83. The van der Waals surface area contributed by atoms with E-state index in [1.165, 1.54) is 0 Å². The van der Waals surface area contributed by atoms with Crippen molar-refractivity contribution in [1.29, 1.82) is 0 Å². The lowest BCUT2D eigenvalue weighted by Crippen LogP contribution is -2.32. The molecule has 2 N–H and O–H groups in total. The topological polar surface area (TPSA) is 54.0 Å².